The van der Waals surface area contributed by atoms with Gasteiger partial charge in [-0.3, -0.25) is 4.79 Å². The quantitative estimate of drug-likeness (QED) is 0.221. The Morgan fingerprint density at radius 1 is 1.00 bits per heavy atom. The molecule has 1 fully saturated rings. The van der Waals surface area contributed by atoms with Crippen molar-refractivity contribution in [2.24, 2.45) is 5.41 Å². The Bertz CT molecular complexity index is 1810. The number of nitrogens with one attached hydrogen (secondary N) is 2. The van der Waals surface area contributed by atoms with Crippen molar-refractivity contribution in [3.8, 4) is 29.0 Å². The molecule has 5 rings (SSSR count). The highest BCUT2D eigenvalue weighted by molar-refractivity contribution is 6.06. The van der Waals surface area contributed by atoms with Gasteiger partial charge in [0.2, 0.25) is 17.7 Å². The molecule has 1 aliphatic heterocycles. The van der Waals surface area contributed by atoms with Crippen LogP contribution in [0.25, 0.3) is 22.0 Å². The average molecular weight is 622 g/mol. The topological polar surface area (TPSA) is 142 Å². The van der Waals surface area contributed by atoms with Crippen molar-refractivity contribution in [1.82, 2.24) is 19.9 Å². The van der Waals surface area contributed by atoms with E-state index < -0.39 is 16.9 Å². The van der Waals surface area contributed by atoms with E-state index in [-0.39, 0.29) is 12.1 Å². The van der Waals surface area contributed by atoms with E-state index in [0.29, 0.717) is 47.6 Å². The lowest BCUT2D eigenvalue weighted by Gasteiger charge is -2.34. The van der Waals surface area contributed by atoms with Crippen LogP contribution >= 0.6 is 0 Å². The van der Waals surface area contributed by atoms with E-state index in [0.717, 1.165) is 29.2 Å². The van der Waals surface area contributed by atoms with Gasteiger partial charge in [-0.1, -0.05) is 24.3 Å². The molecule has 1 aliphatic rings. The van der Waals surface area contributed by atoms with Crippen LogP contribution in [0.1, 0.15) is 53.0 Å². The molecule has 0 spiro atoms. The Kier molecular flexibility index (Phi) is 9.10. The second-order valence-electron chi connectivity index (χ2n) is 12.9. The zero-order valence-corrected chi connectivity index (χ0v) is 27.0. The zero-order valence-electron chi connectivity index (χ0n) is 27.0. The number of nitrogens with zero attached hydrogens (tertiary/aromatic N) is 5. The number of aryl methyl sites for hydroxylation is 1. The summed E-state index contributed by atoms with van der Waals surface area (Å²) < 4.78 is 12.1. The number of fused-ring (bicyclic) bond motifs is 1. The van der Waals surface area contributed by atoms with Crippen molar-refractivity contribution in [2.75, 3.05) is 23.7 Å². The highest BCUT2D eigenvalue weighted by Gasteiger charge is 2.29. The van der Waals surface area contributed by atoms with Crippen LogP contribution in [-0.2, 0) is 9.53 Å². The largest absolute Gasteiger partial charge is 0.444 e. The molecule has 0 bridgehead atoms. The standard InChI is InChI=1S/C35H39N7O4/c1-22-14-15-24-25(11-7-13-27(24)40-31(43)35(5,6)21-36)29(22)45-30-26(12-8-17-37-30)28-16-18-38-32(41-28)39-23-10-9-19-42(20-23)33(44)46-34(2,3)4/h7-8,11-18,23H,9-10,19-20H2,1-6H3,(H,40,43)(H,38,39,41). The number of hydrogen-bond donors (Lipinski definition) is 2. The molecule has 1 atom stereocenters. The number of likely N-dealkylation sites (tertiary alicyclic amines) is 1. The number of benzene rings is 2. The van der Waals surface area contributed by atoms with Gasteiger partial charge in [0.25, 0.3) is 0 Å². The number of anilines is 2. The van der Waals surface area contributed by atoms with Crippen LogP contribution in [0.5, 0.6) is 11.6 Å². The highest BCUT2D eigenvalue weighted by Crippen LogP contribution is 2.39. The van der Waals surface area contributed by atoms with Crippen LogP contribution in [-0.4, -0.2) is 56.6 Å². The summed E-state index contributed by atoms with van der Waals surface area (Å²) in [4.78, 5) is 40.9. The first-order valence-electron chi connectivity index (χ1n) is 15.3. The van der Waals surface area contributed by atoms with Crippen molar-refractivity contribution in [2.45, 2.75) is 66.0 Å². The summed E-state index contributed by atoms with van der Waals surface area (Å²) in [5.74, 6) is 0.989. The second kappa shape index (κ2) is 13.0. The molecule has 2 aromatic carbocycles. The first-order valence-corrected chi connectivity index (χ1v) is 15.3. The van der Waals surface area contributed by atoms with Gasteiger partial charge >= 0.3 is 6.09 Å². The molecule has 2 aromatic heterocycles. The summed E-state index contributed by atoms with van der Waals surface area (Å²) in [6.07, 6.45) is 4.71. The Hall–Kier alpha value is -5.24. The lowest BCUT2D eigenvalue weighted by Crippen LogP contribution is -2.47. The third-order valence-corrected chi connectivity index (χ3v) is 7.61. The van der Waals surface area contributed by atoms with Crippen LogP contribution in [0.2, 0.25) is 0 Å². The van der Waals surface area contributed by atoms with Gasteiger partial charge < -0.3 is 25.0 Å². The number of amides is 2. The molecule has 3 heterocycles. The number of carbonyl (C=O) groups is 2. The summed E-state index contributed by atoms with van der Waals surface area (Å²) in [5, 5.41) is 17.2. The third kappa shape index (κ3) is 7.34. The number of ether oxygens (including phenoxy) is 2. The molecule has 0 aliphatic carbocycles. The Morgan fingerprint density at radius 3 is 2.57 bits per heavy atom. The number of carbonyl (C=O) groups excluding carboxylic acids is 2. The first kappa shape index (κ1) is 32.2. The van der Waals surface area contributed by atoms with Gasteiger partial charge in [-0.15, -0.1) is 0 Å². The predicted molar refractivity (Wildman–Crippen MR) is 176 cm³/mol. The average Bonchev–Trinajstić information content (AvgIpc) is 3.02. The van der Waals surface area contributed by atoms with E-state index in [2.05, 4.69) is 20.6 Å². The molecule has 11 heteroatoms. The first-order chi connectivity index (χ1) is 21.8. The number of rotatable bonds is 7. The summed E-state index contributed by atoms with van der Waals surface area (Å²) in [6, 6.07) is 16.9. The summed E-state index contributed by atoms with van der Waals surface area (Å²) >= 11 is 0. The van der Waals surface area contributed by atoms with Crippen LogP contribution in [0.4, 0.5) is 16.4 Å². The maximum absolute atomic E-state index is 12.8. The van der Waals surface area contributed by atoms with Gasteiger partial charge in [-0.2, -0.15) is 5.26 Å². The van der Waals surface area contributed by atoms with Gasteiger partial charge in [-0.05, 0) is 84.2 Å². The zero-order chi connectivity index (χ0) is 33.1. The van der Waals surface area contributed by atoms with Gasteiger partial charge in [-0.25, -0.2) is 19.7 Å². The van der Waals surface area contributed by atoms with Crippen LogP contribution < -0.4 is 15.4 Å². The fraction of sp³-hybridized carbons (Fsp3) is 0.371. The van der Waals surface area contributed by atoms with Crippen LogP contribution in [0.15, 0.2) is 60.9 Å². The Labute approximate surface area is 269 Å². The molecule has 2 amide bonds. The summed E-state index contributed by atoms with van der Waals surface area (Å²) in [6.45, 7) is 11.8. The minimum absolute atomic E-state index is 0.0344. The lowest BCUT2D eigenvalue weighted by atomic mass is 9.94. The number of piperidine rings is 1. The summed E-state index contributed by atoms with van der Waals surface area (Å²) in [5.41, 5.74) is 0.998. The molecule has 2 N–H and O–H groups in total. The molecule has 238 valence electrons. The molecule has 46 heavy (non-hydrogen) atoms. The van der Waals surface area contributed by atoms with Gasteiger partial charge in [0.05, 0.1) is 17.3 Å². The normalized spacial score (nSPS) is 15.2. The maximum atomic E-state index is 12.8. The molecular weight excluding hydrogens is 582 g/mol. The van der Waals surface area contributed by atoms with Gasteiger partial charge in [0, 0.05) is 48.0 Å². The van der Waals surface area contributed by atoms with E-state index in [1.165, 1.54) is 0 Å². The van der Waals surface area contributed by atoms with E-state index >= 15 is 0 Å². The molecule has 0 saturated carbocycles. The van der Waals surface area contributed by atoms with E-state index in [4.69, 9.17) is 14.5 Å². The molecule has 11 nitrogen and oxygen atoms in total. The molecule has 1 unspecified atom stereocenters. The van der Waals surface area contributed by atoms with Crippen molar-refractivity contribution in [3.05, 3.63) is 66.5 Å². The van der Waals surface area contributed by atoms with Crippen LogP contribution in [0, 0.1) is 23.7 Å². The monoisotopic (exact) mass is 621 g/mol. The fourth-order valence-corrected chi connectivity index (χ4v) is 5.12. The fourth-order valence-electron chi connectivity index (χ4n) is 5.12. The third-order valence-electron chi connectivity index (χ3n) is 7.61. The molecule has 1 saturated heterocycles. The van der Waals surface area contributed by atoms with Crippen molar-refractivity contribution < 1.29 is 19.1 Å². The molecule has 0 radical (unpaired) electrons. The Balaban J connectivity index is 1.39. The van der Waals surface area contributed by atoms with Crippen molar-refractivity contribution in [3.63, 3.8) is 0 Å². The molecule has 4 aromatic rings. The highest BCUT2D eigenvalue weighted by atomic mass is 16.6. The minimum Gasteiger partial charge on any atom is -0.444 e. The minimum atomic E-state index is -1.19. The number of aromatic nitrogens is 3. The SMILES string of the molecule is Cc1ccc2c(NC(=O)C(C)(C)C#N)cccc2c1Oc1ncccc1-c1ccnc(NC2CCCN(C(=O)OC(C)(C)C)C2)n1. The maximum Gasteiger partial charge on any atom is 0.410 e. The van der Waals surface area contributed by atoms with E-state index in [1.54, 1.807) is 43.3 Å². The lowest BCUT2D eigenvalue weighted by molar-refractivity contribution is -0.121. The second-order valence-corrected chi connectivity index (χ2v) is 12.9. The van der Waals surface area contributed by atoms with Crippen LogP contribution in [0.3, 0.4) is 0 Å². The van der Waals surface area contributed by atoms with Crippen molar-refractivity contribution in [1.29, 1.82) is 5.26 Å². The smallest absolute Gasteiger partial charge is 0.410 e. The number of nitriles is 1. The predicted octanol–water partition coefficient (Wildman–Crippen LogP) is 7.09. The van der Waals surface area contributed by atoms with E-state index in [1.807, 2.05) is 70.2 Å². The van der Waals surface area contributed by atoms with Gasteiger partial charge in [0.15, 0.2) is 0 Å². The molecular formula is C35H39N7O4. The van der Waals surface area contributed by atoms with E-state index in [9.17, 15) is 14.9 Å². The summed E-state index contributed by atoms with van der Waals surface area (Å²) in [7, 11) is 0. The number of hydrogen-bond acceptors (Lipinski definition) is 9. The van der Waals surface area contributed by atoms with Crippen molar-refractivity contribution >= 4 is 34.4 Å². The Morgan fingerprint density at radius 2 is 1.80 bits per heavy atom. The number of pyridine rings is 1. The van der Waals surface area contributed by atoms with Gasteiger partial charge in [0.1, 0.15) is 16.8 Å².